The lowest BCUT2D eigenvalue weighted by Gasteiger charge is -2.11. The number of amides is 1. The molecule has 202 valence electrons. The van der Waals surface area contributed by atoms with Crippen LogP contribution in [0.4, 0.5) is 11.4 Å². The van der Waals surface area contributed by atoms with E-state index < -0.39 is 0 Å². The molecule has 4 heteroatoms. The second-order valence-corrected chi connectivity index (χ2v) is 9.92. The first-order valence-electron chi connectivity index (χ1n) is 13.6. The Hall–Kier alpha value is -5.35. The molecule has 0 saturated heterocycles. The van der Waals surface area contributed by atoms with Crippen LogP contribution in [0.25, 0.3) is 27.9 Å². The van der Waals surface area contributed by atoms with Gasteiger partial charge in [-0.25, -0.2) is 0 Å². The number of hydrogen-bond donors (Lipinski definition) is 2. The summed E-state index contributed by atoms with van der Waals surface area (Å²) in [5.41, 5.74) is 16.0. The van der Waals surface area contributed by atoms with E-state index in [1.807, 2.05) is 122 Å². The third-order valence-corrected chi connectivity index (χ3v) is 7.01. The minimum atomic E-state index is -0.109. The summed E-state index contributed by atoms with van der Waals surface area (Å²) in [6.07, 6.45) is 3.96. The monoisotopic (exact) mass is 535 g/mol. The number of benzene rings is 5. The molecule has 0 bridgehead atoms. The molecule has 4 nitrogen and oxygen atoms in total. The first-order chi connectivity index (χ1) is 20.0. The topological polar surface area (TPSA) is 60.0 Å². The van der Waals surface area contributed by atoms with Crippen molar-refractivity contribution in [1.29, 1.82) is 0 Å². The highest BCUT2D eigenvalue weighted by Crippen LogP contribution is 2.26. The molecule has 0 aliphatic carbocycles. The molecule has 3 N–H and O–H groups in total. The third kappa shape index (κ3) is 6.81. The van der Waals surface area contributed by atoms with Gasteiger partial charge >= 0.3 is 0 Å². The number of nitrogens with one attached hydrogen (secondary N) is 1. The van der Waals surface area contributed by atoms with Gasteiger partial charge in [0, 0.05) is 35.0 Å². The first-order valence-corrected chi connectivity index (χ1v) is 13.6. The molecule has 0 spiro atoms. The predicted molar refractivity (Wildman–Crippen MR) is 171 cm³/mol. The largest absolute Gasteiger partial charge is 0.398 e. The Morgan fingerprint density at radius 2 is 1.12 bits per heavy atom. The van der Waals surface area contributed by atoms with Crippen molar-refractivity contribution in [2.45, 2.75) is 13.8 Å². The fraction of sp³-hybridized carbons (Fsp3) is 0.0541. The normalized spacial score (nSPS) is 10.4. The zero-order valence-corrected chi connectivity index (χ0v) is 23.3. The molecule has 5 aromatic carbocycles. The summed E-state index contributed by atoms with van der Waals surface area (Å²) in [7, 11) is 0. The lowest BCUT2D eigenvalue weighted by atomic mass is 10.0. The van der Waals surface area contributed by atoms with E-state index in [2.05, 4.69) is 47.8 Å². The average molecular weight is 536 g/mol. The van der Waals surface area contributed by atoms with Crippen molar-refractivity contribution in [2.75, 3.05) is 11.1 Å². The van der Waals surface area contributed by atoms with Crippen LogP contribution in [0, 0.1) is 13.8 Å². The number of nitrogens with zero attached hydrogens (tertiary/aromatic N) is 1. The average Bonchev–Trinajstić information content (AvgIpc) is 3.56. The fourth-order valence-electron chi connectivity index (χ4n) is 4.50. The molecular weight excluding hydrogens is 502 g/mol. The fourth-order valence-corrected chi connectivity index (χ4v) is 4.50. The summed E-state index contributed by atoms with van der Waals surface area (Å²) in [6.45, 7) is 4.02. The maximum Gasteiger partial charge on any atom is 0.255 e. The van der Waals surface area contributed by atoms with E-state index in [1.165, 1.54) is 11.1 Å². The molecule has 1 aromatic heterocycles. The van der Waals surface area contributed by atoms with E-state index in [0.29, 0.717) is 5.56 Å². The van der Waals surface area contributed by atoms with Crippen LogP contribution in [0.5, 0.6) is 0 Å². The van der Waals surface area contributed by atoms with Crippen molar-refractivity contribution in [1.82, 2.24) is 4.57 Å². The molecule has 41 heavy (non-hydrogen) atoms. The Morgan fingerprint density at radius 1 is 0.585 bits per heavy atom. The zero-order chi connectivity index (χ0) is 28.6. The predicted octanol–water partition coefficient (Wildman–Crippen LogP) is 8.95. The molecule has 0 radical (unpaired) electrons. The van der Waals surface area contributed by atoms with E-state index in [4.69, 9.17) is 5.73 Å². The lowest BCUT2D eigenvalue weighted by Crippen LogP contribution is -2.13. The van der Waals surface area contributed by atoms with Gasteiger partial charge in [-0.1, -0.05) is 84.9 Å². The van der Waals surface area contributed by atoms with Crippen LogP contribution >= 0.6 is 0 Å². The van der Waals surface area contributed by atoms with Crippen LogP contribution in [0.3, 0.4) is 0 Å². The Kier molecular flexibility index (Phi) is 8.41. The van der Waals surface area contributed by atoms with Gasteiger partial charge in [0.25, 0.3) is 5.91 Å². The van der Waals surface area contributed by atoms with Gasteiger partial charge in [-0.05, 0) is 95.8 Å². The van der Waals surface area contributed by atoms with E-state index >= 15 is 0 Å². The summed E-state index contributed by atoms with van der Waals surface area (Å²) in [4.78, 5) is 12.7. The summed E-state index contributed by atoms with van der Waals surface area (Å²) in [5, 5.41) is 3.05. The number of carbonyl (C=O) groups is 1. The molecule has 0 unspecified atom stereocenters. The second kappa shape index (κ2) is 12.7. The number of nitrogens with two attached hydrogens (primary N) is 1. The molecule has 1 amide bonds. The minimum absolute atomic E-state index is 0.109. The van der Waals surface area contributed by atoms with Crippen molar-refractivity contribution >= 4 is 17.3 Å². The first kappa shape index (κ1) is 27.2. The Labute approximate surface area is 241 Å². The number of hydrogen-bond acceptors (Lipinski definition) is 2. The number of rotatable bonds is 5. The zero-order valence-electron chi connectivity index (χ0n) is 23.3. The van der Waals surface area contributed by atoms with Crippen LogP contribution in [0.1, 0.15) is 21.5 Å². The van der Waals surface area contributed by atoms with Crippen molar-refractivity contribution < 1.29 is 4.79 Å². The highest BCUT2D eigenvalue weighted by Gasteiger charge is 2.09. The highest BCUT2D eigenvalue weighted by atomic mass is 16.1. The smallest absolute Gasteiger partial charge is 0.255 e. The minimum Gasteiger partial charge on any atom is -0.398 e. The van der Waals surface area contributed by atoms with E-state index in [9.17, 15) is 4.79 Å². The van der Waals surface area contributed by atoms with Gasteiger partial charge in [0.2, 0.25) is 0 Å². The molecule has 1 heterocycles. The molecule has 0 saturated carbocycles. The van der Waals surface area contributed by atoms with Crippen molar-refractivity contribution in [2.24, 2.45) is 0 Å². The standard InChI is InChI=1S/C24H20N2O.C13H13N/c1-18-9-10-21(19-7-3-2-4-8-19)17-23(18)25-24(27)20-11-13-22(14-12-20)26-15-5-6-16-26;1-10-7-8-12(9-13(10)14)11-5-3-2-4-6-11/h2-17H,1H3,(H,25,27);2-9H,14H2,1H3. The van der Waals surface area contributed by atoms with Gasteiger partial charge < -0.3 is 15.6 Å². The number of carbonyl (C=O) groups excluding carboxylic acids is 1. The van der Waals surface area contributed by atoms with Crippen LogP contribution in [-0.2, 0) is 0 Å². The van der Waals surface area contributed by atoms with Crippen LogP contribution < -0.4 is 11.1 Å². The maximum atomic E-state index is 12.7. The van der Waals surface area contributed by atoms with Gasteiger partial charge in [-0.2, -0.15) is 0 Å². The number of anilines is 2. The summed E-state index contributed by atoms with van der Waals surface area (Å²) in [5.74, 6) is -0.109. The number of nitrogen functional groups attached to an aromatic ring is 1. The Morgan fingerprint density at radius 3 is 1.68 bits per heavy atom. The Balaban J connectivity index is 0.000000202. The highest BCUT2D eigenvalue weighted by molar-refractivity contribution is 6.05. The summed E-state index contributed by atoms with van der Waals surface area (Å²) >= 11 is 0. The van der Waals surface area contributed by atoms with Gasteiger partial charge in [0.05, 0.1) is 0 Å². The van der Waals surface area contributed by atoms with Crippen LogP contribution in [-0.4, -0.2) is 10.5 Å². The molecule has 6 rings (SSSR count). The van der Waals surface area contributed by atoms with Gasteiger partial charge in [-0.3, -0.25) is 4.79 Å². The number of aryl methyl sites for hydroxylation is 2. The molecule has 0 atom stereocenters. The maximum absolute atomic E-state index is 12.7. The lowest BCUT2D eigenvalue weighted by molar-refractivity contribution is 0.102. The van der Waals surface area contributed by atoms with Crippen LogP contribution in [0.2, 0.25) is 0 Å². The Bertz CT molecular complexity index is 1720. The van der Waals surface area contributed by atoms with E-state index in [-0.39, 0.29) is 5.91 Å². The third-order valence-electron chi connectivity index (χ3n) is 7.01. The van der Waals surface area contributed by atoms with E-state index in [0.717, 1.165) is 39.3 Å². The van der Waals surface area contributed by atoms with Crippen molar-refractivity contribution in [3.8, 4) is 27.9 Å². The molecule has 6 aromatic rings. The van der Waals surface area contributed by atoms with Gasteiger partial charge in [0.1, 0.15) is 0 Å². The number of aromatic nitrogens is 1. The SMILES string of the molecule is Cc1ccc(-c2ccccc2)cc1N.Cc1ccc(-c2ccccc2)cc1NC(=O)c1ccc(-n2cccc2)cc1. The quantitative estimate of drug-likeness (QED) is 0.216. The van der Waals surface area contributed by atoms with Crippen molar-refractivity contribution in [3.63, 3.8) is 0 Å². The molecule has 0 aliphatic rings. The molecule has 0 aliphatic heterocycles. The second-order valence-electron chi connectivity index (χ2n) is 9.92. The van der Waals surface area contributed by atoms with Gasteiger partial charge in [0.15, 0.2) is 0 Å². The van der Waals surface area contributed by atoms with Gasteiger partial charge in [-0.15, -0.1) is 0 Å². The van der Waals surface area contributed by atoms with Crippen LogP contribution in [0.15, 0.2) is 146 Å². The summed E-state index contributed by atoms with van der Waals surface area (Å²) in [6, 6.07) is 44.3. The van der Waals surface area contributed by atoms with Crippen molar-refractivity contribution in [3.05, 3.63) is 163 Å². The van der Waals surface area contributed by atoms with E-state index in [1.54, 1.807) is 0 Å². The summed E-state index contributed by atoms with van der Waals surface area (Å²) < 4.78 is 2.01. The molecule has 0 fully saturated rings. The molecular formula is C37H33N3O.